The molecule has 136 valence electrons. The highest BCUT2D eigenvalue weighted by Gasteiger charge is 2.35. The average molecular weight is 381 g/mol. The Morgan fingerprint density at radius 3 is 2.67 bits per heavy atom. The first-order valence-electron chi connectivity index (χ1n) is 7.92. The van der Waals surface area contributed by atoms with Gasteiger partial charge < -0.3 is 20.2 Å². The fraction of sp³-hybridized carbons (Fsp3) is 0.105. The van der Waals surface area contributed by atoms with Crippen LogP contribution in [0.25, 0.3) is 0 Å². The second kappa shape index (κ2) is 7.86. The number of amides is 2. The zero-order valence-electron chi connectivity index (χ0n) is 14.0. The van der Waals surface area contributed by atoms with Gasteiger partial charge in [-0.15, -0.1) is 11.3 Å². The van der Waals surface area contributed by atoms with Gasteiger partial charge in [0.25, 0.3) is 0 Å². The molecule has 2 aromatic heterocycles. The molecule has 0 bridgehead atoms. The van der Waals surface area contributed by atoms with Crippen LogP contribution in [-0.2, 0) is 15.2 Å². The minimum absolute atomic E-state index is 0.223. The summed E-state index contributed by atoms with van der Waals surface area (Å²) in [6, 6.07) is 13.4. The fourth-order valence-corrected chi connectivity index (χ4v) is 3.35. The van der Waals surface area contributed by atoms with E-state index >= 15 is 0 Å². The van der Waals surface area contributed by atoms with Crippen molar-refractivity contribution in [3.63, 3.8) is 0 Å². The molecule has 2 amide bonds. The molecule has 0 aliphatic heterocycles. The van der Waals surface area contributed by atoms with Gasteiger partial charge in [-0.1, -0.05) is 18.2 Å². The Morgan fingerprint density at radius 2 is 2.00 bits per heavy atom. The molecule has 1 unspecified atom stereocenters. The summed E-state index contributed by atoms with van der Waals surface area (Å²) in [6.07, 6.45) is 2.80. The largest absolute Gasteiger partial charge is 0.472 e. The number of hydrogen-bond acceptors (Lipinski definition) is 6. The molecule has 3 N–H and O–H groups in total. The molecule has 8 heteroatoms. The van der Waals surface area contributed by atoms with Crippen molar-refractivity contribution < 1.29 is 19.1 Å². The van der Waals surface area contributed by atoms with Crippen LogP contribution in [0.15, 0.2) is 64.8 Å². The summed E-state index contributed by atoms with van der Waals surface area (Å²) in [5.74, 6) is -1.86. The van der Waals surface area contributed by atoms with E-state index in [2.05, 4.69) is 10.6 Å². The number of para-hydroxylation sites is 1. The minimum Gasteiger partial charge on any atom is -0.472 e. The van der Waals surface area contributed by atoms with E-state index in [9.17, 15) is 14.7 Å². The number of carbonyl (C=O) groups is 2. The van der Waals surface area contributed by atoms with Gasteiger partial charge in [-0.05, 0) is 29.6 Å². The second-order valence-corrected chi connectivity index (χ2v) is 6.59. The van der Waals surface area contributed by atoms with Crippen molar-refractivity contribution in [3.8, 4) is 6.07 Å². The number of hydrogen-bond donors (Lipinski definition) is 3. The van der Waals surface area contributed by atoms with Gasteiger partial charge in [-0.25, -0.2) is 0 Å². The van der Waals surface area contributed by atoms with Crippen LogP contribution < -0.4 is 10.6 Å². The molecule has 0 saturated heterocycles. The molecule has 3 rings (SSSR count). The highest BCUT2D eigenvalue weighted by atomic mass is 32.1. The van der Waals surface area contributed by atoms with Crippen LogP contribution in [0.3, 0.4) is 0 Å². The van der Waals surface area contributed by atoms with Gasteiger partial charge in [-0.3, -0.25) is 9.59 Å². The number of furan rings is 1. The standard InChI is InChI=1S/C19H15N3O4S/c20-10-13-4-1-2-5-15(13)22-18(24)17(23)21-12-19(25,14-7-8-26-11-14)16-6-3-9-27-16/h1-9,11,25H,12H2,(H,21,23)(H,22,24). The lowest BCUT2D eigenvalue weighted by Gasteiger charge is -2.26. The summed E-state index contributed by atoms with van der Waals surface area (Å²) < 4.78 is 5.04. The van der Waals surface area contributed by atoms with Gasteiger partial charge in [0.2, 0.25) is 0 Å². The van der Waals surface area contributed by atoms with Gasteiger partial charge >= 0.3 is 11.8 Å². The van der Waals surface area contributed by atoms with Crippen LogP contribution in [-0.4, -0.2) is 23.5 Å². The summed E-state index contributed by atoms with van der Waals surface area (Å²) in [7, 11) is 0. The van der Waals surface area contributed by atoms with Crippen LogP contribution in [0.1, 0.15) is 16.0 Å². The molecule has 0 radical (unpaired) electrons. The lowest BCUT2D eigenvalue weighted by Crippen LogP contribution is -2.44. The third-order valence-electron chi connectivity index (χ3n) is 3.93. The van der Waals surface area contributed by atoms with Gasteiger partial charge in [0, 0.05) is 10.4 Å². The van der Waals surface area contributed by atoms with E-state index in [1.165, 1.54) is 36.0 Å². The maximum absolute atomic E-state index is 12.2. The number of thiophene rings is 1. The number of benzene rings is 1. The van der Waals surface area contributed by atoms with E-state index in [0.29, 0.717) is 10.4 Å². The monoisotopic (exact) mass is 381 g/mol. The molecule has 2 heterocycles. The van der Waals surface area contributed by atoms with Crippen molar-refractivity contribution in [2.75, 3.05) is 11.9 Å². The summed E-state index contributed by atoms with van der Waals surface area (Å²) in [4.78, 5) is 24.9. The number of nitrogens with zero attached hydrogens (tertiary/aromatic N) is 1. The third kappa shape index (κ3) is 3.89. The smallest absolute Gasteiger partial charge is 0.313 e. The first-order valence-corrected chi connectivity index (χ1v) is 8.80. The molecule has 0 aliphatic carbocycles. The van der Waals surface area contributed by atoms with Crippen molar-refractivity contribution >= 4 is 28.8 Å². The Hall–Kier alpha value is -3.41. The van der Waals surface area contributed by atoms with E-state index in [-0.39, 0.29) is 17.8 Å². The number of nitrogens with one attached hydrogen (secondary N) is 2. The molecule has 0 aliphatic rings. The first kappa shape index (κ1) is 18.4. The third-order valence-corrected chi connectivity index (χ3v) is 4.96. The van der Waals surface area contributed by atoms with Crippen LogP contribution in [0.4, 0.5) is 5.69 Å². The average Bonchev–Trinajstić information content (AvgIpc) is 3.40. The Morgan fingerprint density at radius 1 is 1.19 bits per heavy atom. The normalized spacial score (nSPS) is 12.6. The summed E-state index contributed by atoms with van der Waals surface area (Å²) in [6.45, 7) is -0.223. The molecule has 0 saturated carbocycles. The van der Waals surface area contributed by atoms with Crippen molar-refractivity contribution in [3.05, 3.63) is 76.4 Å². The molecule has 0 fully saturated rings. The molecule has 1 aromatic carbocycles. The number of rotatable bonds is 5. The van der Waals surface area contributed by atoms with Crippen molar-refractivity contribution in [2.45, 2.75) is 5.60 Å². The van der Waals surface area contributed by atoms with Crippen molar-refractivity contribution in [1.82, 2.24) is 5.32 Å². The highest BCUT2D eigenvalue weighted by Crippen LogP contribution is 2.32. The quantitative estimate of drug-likeness (QED) is 0.586. The SMILES string of the molecule is N#Cc1ccccc1NC(=O)C(=O)NCC(O)(c1ccoc1)c1cccs1. The number of anilines is 1. The minimum atomic E-state index is -1.53. The predicted octanol–water partition coefficient (Wildman–Crippen LogP) is 2.20. The molecule has 7 nitrogen and oxygen atoms in total. The maximum atomic E-state index is 12.2. The zero-order valence-corrected chi connectivity index (χ0v) is 14.8. The summed E-state index contributed by atoms with van der Waals surface area (Å²) >= 11 is 1.32. The van der Waals surface area contributed by atoms with Crippen molar-refractivity contribution in [2.24, 2.45) is 0 Å². The van der Waals surface area contributed by atoms with Gasteiger partial charge in [0.1, 0.15) is 11.7 Å². The molecular formula is C19H15N3O4S. The van der Waals surface area contributed by atoms with Crippen LogP contribution in [0.2, 0.25) is 0 Å². The van der Waals surface area contributed by atoms with E-state index < -0.39 is 17.4 Å². The number of aliphatic hydroxyl groups is 1. The topological polar surface area (TPSA) is 115 Å². The molecule has 27 heavy (non-hydrogen) atoms. The Bertz CT molecular complexity index is 941. The van der Waals surface area contributed by atoms with E-state index in [0.717, 1.165) is 0 Å². The summed E-state index contributed by atoms with van der Waals surface area (Å²) in [5.41, 5.74) is -0.585. The van der Waals surface area contributed by atoms with Crippen molar-refractivity contribution in [1.29, 1.82) is 5.26 Å². The molecular weight excluding hydrogens is 366 g/mol. The summed E-state index contributed by atoms with van der Waals surface area (Å²) in [5, 5.41) is 26.8. The van der Waals surface area contributed by atoms with E-state index in [1.807, 2.05) is 6.07 Å². The Kier molecular flexibility index (Phi) is 5.35. The fourth-order valence-electron chi connectivity index (χ4n) is 2.50. The maximum Gasteiger partial charge on any atom is 0.313 e. The van der Waals surface area contributed by atoms with Crippen LogP contribution >= 0.6 is 11.3 Å². The van der Waals surface area contributed by atoms with Gasteiger partial charge in [0.15, 0.2) is 0 Å². The number of carbonyl (C=O) groups excluding carboxylic acids is 2. The number of nitriles is 1. The van der Waals surface area contributed by atoms with Crippen LogP contribution in [0, 0.1) is 11.3 Å². The lowest BCUT2D eigenvalue weighted by molar-refractivity contribution is -0.136. The predicted molar refractivity (Wildman–Crippen MR) is 98.8 cm³/mol. The molecule has 0 spiro atoms. The molecule has 3 aromatic rings. The molecule has 1 atom stereocenters. The van der Waals surface area contributed by atoms with Gasteiger partial charge in [0.05, 0.1) is 30.3 Å². The Labute approximate surface area is 158 Å². The first-order chi connectivity index (χ1) is 13.0. The second-order valence-electron chi connectivity index (χ2n) is 5.64. The van der Waals surface area contributed by atoms with E-state index in [4.69, 9.17) is 9.68 Å². The van der Waals surface area contributed by atoms with Gasteiger partial charge in [-0.2, -0.15) is 5.26 Å². The zero-order chi connectivity index (χ0) is 19.3. The van der Waals surface area contributed by atoms with E-state index in [1.54, 1.807) is 35.7 Å². The Balaban J connectivity index is 1.71. The lowest BCUT2D eigenvalue weighted by atomic mass is 9.94. The highest BCUT2D eigenvalue weighted by molar-refractivity contribution is 7.10. The van der Waals surface area contributed by atoms with Crippen LogP contribution in [0.5, 0.6) is 0 Å².